The number of methoxy groups -OCH3 is 2. The normalized spacial score (nSPS) is 10.4. The zero-order valence-corrected chi connectivity index (χ0v) is 12.6. The summed E-state index contributed by atoms with van der Waals surface area (Å²) in [5.74, 6) is 1.18. The number of benzene rings is 2. The Morgan fingerprint density at radius 3 is 2.11 bits per heavy atom. The summed E-state index contributed by atoms with van der Waals surface area (Å²) in [6.45, 7) is 0. The smallest absolute Gasteiger partial charge is 0.138 e. The molecule has 0 atom stereocenters. The van der Waals surface area contributed by atoms with Gasteiger partial charge >= 0.3 is 0 Å². The largest absolute Gasteiger partial charge is 0.496 e. The summed E-state index contributed by atoms with van der Waals surface area (Å²) in [5.41, 5.74) is 1.37. The SMILES string of the molecule is COc1ccc(Cl)cc1-c1c(Cl)ccc(OC)c1Cl. The first kappa shape index (κ1) is 14.3. The van der Waals surface area contributed by atoms with Crippen LogP contribution in [0, 0.1) is 0 Å². The lowest BCUT2D eigenvalue weighted by atomic mass is 10.0. The van der Waals surface area contributed by atoms with Gasteiger partial charge in [-0.25, -0.2) is 0 Å². The van der Waals surface area contributed by atoms with Gasteiger partial charge in [-0.2, -0.15) is 0 Å². The van der Waals surface area contributed by atoms with E-state index in [1.807, 2.05) is 0 Å². The van der Waals surface area contributed by atoms with E-state index in [2.05, 4.69) is 0 Å². The second-order valence-electron chi connectivity index (χ2n) is 3.78. The Labute approximate surface area is 126 Å². The van der Waals surface area contributed by atoms with Crippen LogP contribution in [0.4, 0.5) is 0 Å². The average molecular weight is 318 g/mol. The van der Waals surface area contributed by atoms with E-state index in [1.165, 1.54) is 0 Å². The first-order valence-corrected chi connectivity index (χ1v) is 6.57. The topological polar surface area (TPSA) is 18.5 Å². The molecular weight excluding hydrogens is 307 g/mol. The second-order valence-corrected chi connectivity index (χ2v) is 5.00. The standard InChI is InChI=1S/C14H11Cl3O2/c1-18-11-5-3-8(15)7-9(11)13-10(16)4-6-12(19-2)14(13)17/h3-7H,1-2H3. The van der Waals surface area contributed by atoms with E-state index in [9.17, 15) is 0 Å². The third kappa shape index (κ3) is 2.76. The molecule has 0 aliphatic rings. The van der Waals surface area contributed by atoms with Crippen LogP contribution in [0.15, 0.2) is 30.3 Å². The molecule has 100 valence electrons. The number of hydrogen-bond acceptors (Lipinski definition) is 2. The fraction of sp³-hybridized carbons (Fsp3) is 0.143. The van der Waals surface area contributed by atoms with Crippen LogP contribution >= 0.6 is 34.8 Å². The number of halogens is 3. The van der Waals surface area contributed by atoms with E-state index in [1.54, 1.807) is 44.6 Å². The Hall–Kier alpha value is -1.09. The number of ether oxygens (including phenoxy) is 2. The summed E-state index contributed by atoms with van der Waals surface area (Å²) in [6.07, 6.45) is 0. The maximum atomic E-state index is 6.32. The van der Waals surface area contributed by atoms with E-state index in [-0.39, 0.29) is 0 Å². The lowest BCUT2D eigenvalue weighted by Gasteiger charge is -2.14. The van der Waals surface area contributed by atoms with Crippen molar-refractivity contribution < 1.29 is 9.47 Å². The van der Waals surface area contributed by atoms with Gasteiger partial charge in [-0.3, -0.25) is 0 Å². The summed E-state index contributed by atoms with van der Waals surface area (Å²) in [6, 6.07) is 8.70. The Kier molecular flexibility index (Phi) is 4.46. The molecular formula is C14H11Cl3O2. The van der Waals surface area contributed by atoms with Crippen LogP contribution in [0.2, 0.25) is 15.1 Å². The van der Waals surface area contributed by atoms with E-state index in [0.717, 1.165) is 5.56 Å². The molecule has 0 bridgehead atoms. The summed E-state index contributed by atoms with van der Waals surface area (Å²) < 4.78 is 10.5. The van der Waals surface area contributed by atoms with Gasteiger partial charge in [0, 0.05) is 16.1 Å². The molecule has 0 aliphatic heterocycles. The summed E-state index contributed by atoms with van der Waals surface area (Å²) >= 11 is 18.6. The van der Waals surface area contributed by atoms with Gasteiger partial charge in [0.2, 0.25) is 0 Å². The Morgan fingerprint density at radius 1 is 0.842 bits per heavy atom. The zero-order valence-electron chi connectivity index (χ0n) is 10.3. The predicted octanol–water partition coefficient (Wildman–Crippen LogP) is 5.33. The maximum absolute atomic E-state index is 6.32. The predicted molar refractivity (Wildman–Crippen MR) is 80.0 cm³/mol. The Bertz CT molecular complexity index is 612. The number of rotatable bonds is 3. The molecule has 0 saturated heterocycles. The Morgan fingerprint density at radius 2 is 1.47 bits per heavy atom. The van der Waals surface area contributed by atoms with Crippen molar-refractivity contribution in [2.75, 3.05) is 14.2 Å². The van der Waals surface area contributed by atoms with Crippen LogP contribution in [0.3, 0.4) is 0 Å². The minimum atomic E-state index is 0.426. The molecule has 5 heteroatoms. The molecule has 0 N–H and O–H groups in total. The minimum Gasteiger partial charge on any atom is -0.496 e. The average Bonchev–Trinajstić information content (AvgIpc) is 2.39. The monoisotopic (exact) mass is 316 g/mol. The van der Waals surface area contributed by atoms with Crippen molar-refractivity contribution in [2.45, 2.75) is 0 Å². The maximum Gasteiger partial charge on any atom is 0.138 e. The molecule has 0 aliphatic carbocycles. The molecule has 0 amide bonds. The van der Waals surface area contributed by atoms with Gasteiger partial charge in [0.15, 0.2) is 0 Å². The van der Waals surface area contributed by atoms with E-state index in [4.69, 9.17) is 44.3 Å². The molecule has 0 spiro atoms. The molecule has 0 saturated carbocycles. The van der Waals surface area contributed by atoms with Crippen molar-refractivity contribution in [1.82, 2.24) is 0 Å². The van der Waals surface area contributed by atoms with Gasteiger partial charge in [-0.15, -0.1) is 0 Å². The van der Waals surface area contributed by atoms with Crippen molar-refractivity contribution >= 4 is 34.8 Å². The molecule has 0 unspecified atom stereocenters. The lowest BCUT2D eigenvalue weighted by Crippen LogP contribution is -1.92. The van der Waals surface area contributed by atoms with Crippen LogP contribution in [-0.2, 0) is 0 Å². The first-order valence-electron chi connectivity index (χ1n) is 5.44. The van der Waals surface area contributed by atoms with E-state index >= 15 is 0 Å². The highest BCUT2D eigenvalue weighted by molar-refractivity contribution is 6.40. The Balaban J connectivity index is 2.74. The van der Waals surface area contributed by atoms with Crippen LogP contribution in [-0.4, -0.2) is 14.2 Å². The molecule has 0 heterocycles. The molecule has 2 aromatic rings. The lowest BCUT2D eigenvalue weighted by molar-refractivity contribution is 0.414. The van der Waals surface area contributed by atoms with Gasteiger partial charge in [0.05, 0.1) is 24.3 Å². The van der Waals surface area contributed by atoms with Gasteiger partial charge in [0.1, 0.15) is 11.5 Å². The van der Waals surface area contributed by atoms with Crippen LogP contribution in [0.5, 0.6) is 11.5 Å². The minimum absolute atomic E-state index is 0.426. The quantitative estimate of drug-likeness (QED) is 0.761. The zero-order chi connectivity index (χ0) is 14.0. The third-order valence-electron chi connectivity index (χ3n) is 2.71. The molecule has 2 nitrogen and oxygen atoms in total. The van der Waals surface area contributed by atoms with Crippen molar-refractivity contribution in [1.29, 1.82) is 0 Å². The molecule has 19 heavy (non-hydrogen) atoms. The van der Waals surface area contributed by atoms with Gasteiger partial charge in [-0.05, 0) is 30.3 Å². The molecule has 0 aromatic heterocycles. The highest BCUT2D eigenvalue weighted by Crippen LogP contribution is 2.44. The van der Waals surface area contributed by atoms with Gasteiger partial charge in [-0.1, -0.05) is 34.8 Å². The summed E-state index contributed by atoms with van der Waals surface area (Å²) in [5, 5.41) is 1.51. The summed E-state index contributed by atoms with van der Waals surface area (Å²) in [4.78, 5) is 0. The number of hydrogen-bond donors (Lipinski definition) is 0. The van der Waals surface area contributed by atoms with Gasteiger partial charge < -0.3 is 9.47 Å². The second kappa shape index (κ2) is 5.91. The molecule has 0 fully saturated rings. The molecule has 2 rings (SSSR count). The van der Waals surface area contributed by atoms with E-state index < -0.39 is 0 Å². The molecule has 2 aromatic carbocycles. The first-order chi connectivity index (χ1) is 9.08. The fourth-order valence-electron chi connectivity index (χ4n) is 1.81. The van der Waals surface area contributed by atoms with E-state index in [0.29, 0.717) is 32.1 Å². The van der Waals surface area contributed by atoms with Crippen molar-refractivity contribution in [2.24, 2.45) is 0 Å². The van der Waals surface area contributed by atoms with Gasteiger partial charge in [0.25, 0.3) is 0 Å². The van der Waals surface area contributed by atoms with Crippen LogP contribution in [0.1, 0.15) is 0 Å². The fourth-order valence-corrected chi connectivity index (χ4v) is 2.64. The highest BCUT2D eigenvalue weighted by Gasteiger charge is 2.17. The van der Waals surface area contributed by atoms with Crippen molar-refractivity contribution in [3.63, 3.8) is 0 Å². The highest BCUT2D eigenvalue weighted by atomic mass is 35.5. The van der Waals surface area contributed by atoms with Crippen molar-refractivity contribution in [3.05, 3.63) is 45.4 Å². The van der Waals surface area contributed by atoms with Crippen molar-refractivity contribution in [3.8, 4) is 22.6 Å². The van der Waals surface area contributed by atoms with Crippen LogP contribution < -0.4 is 9.47 Å². The summed E-state index contributed by atoms with van der Waals surface area (Å²) in [7, 11) is 3.13. The third-order valence-corrected chi connectivity index (χ3v) is 3.63. The van der Waals surface area contributed by atoms with Crippen LogP contribution in [0.25, 0.3) is 11.1 Å². The molecule has 0 radical (unpaired) electrons.